The van der Waals surface area contributed by atoms with Crippen LogP contribution < -0.4 is 5.73 Å². The van der Waals surface area contributed by atoms with Crippen molar-refractivity contribution in [3.8, 4) is 0 Å². The van der Waals surface area contributed by atoms with Crippen LogP contribution in [0.1, 0.15) is 21.5 Å². The molecule has 0 fully saturated rings. The molecule has 0 aliphatic carbocycles. The zero-order valence-electron chi connectivity index (χ0n) is 10.9. The molecule has 0 unspecified atom stereocenters. The summed E-state index contributed by atoms with van der Waals surface area (Å²) in [6.45, 7) is 2.19. The number of nitrogen functional groups attached to an aromatic ring is 1. The molecule has 0 aliphatic heterocycles. The number of ether oxygens (including phenoxy) is 1. The number of hydrogen-bond donors (Lipinski definition) is 1. The monoisotopic (exact) mass is 255 g/mol. The van der Waals surface area contributed by atoms with E-state index in [9.17, 15) is 4.79 Å². The van der Waals surface area contributed by atoms with E-state index in [0.717, 1.165) is 11.1 Å². The summed E-state index contributed by atoms with van der Waals surface area (Å²) in [5.74, 6) is -0.319. The van der Waals surface area contributed by atoms with E-state index in [2.05, 4.69) is 0 Å². The molecule has 19 heavy (non-hydrogen) atoms. The third kappa shape index (κ3) is 3.35. The van der Waals surface area contributed by atoms with Crippen LogP contribution in [0.3, 0.4) is 0 Å². The van der Waals surface area contributed by atoms with E-state index < -0.39 is 0 Å². The van der Waals surface area contributed by atoms with Gasteiger partial charge in [-0.15, -0.1) is 0 Å². The quantitative estimate of drug-likeness (QED) is 0.675. The minimum absolute atomic E-state index is 0.319. The van der Waals surface area contributed by atoms with Crippen molar-refractivity contribution < 1.29 is 9.53 Å². The van der Waals surface area contributed by atoms with Crippen LogP contribution in [-0.2, 0) is 11.2 Å². The van der Waals surface area contributed by atoms with E-state index in [0.29, 0.717) is 24.3 Å². The van der Waals surface area contributed by atoms with Gasteiger partial charge in [-0.2, -0.15) is 0 Å². The molecular weight excluding hydrogens is 238 g/mol. The van der Waals surface area contributed by atoms with Crippen LogP contribution >= 0.6 is 0 Å². The molecular formula is C16H17NO2. The molecule has 0 heterocycles. The molecule has 0 saturated heterocycles. The summed E-state index contributed by atoms with van der Waals surface area (Å²) in [5, 5.41) is 0. The molecule has 3 heteroatoms. The number of benzene rings is 2. The smallest absolute Gasteiger partial charge is 0.338 e. The first-order valence-electron chi connectivity index (χ1n) is 6.24. The third-order valence-corrected chi connectivity index (χ3v) is 3.06. The summed E-state index contributed by atoms with van der Waals surface area (Å²) in [6, 6.07) is 15.2. The molecule has 2 aromatic rings. The van der Waals surface area contributed by atoms with Gasteiger partial charge >= 0.3 is 5.97 Å². The summed E-state index contributed by atoms with van der Waals surface area (Å²) in [4.78, 5) is 11.9. The van der Waals surface area contributed by atoms with Crippen molar-refractivity contribution in [2.24, 2.45) is 0 Å². The van der Waals surface area contributed by atoms with E-state index in [1.54, 1.807) is 18.2 Å². The topological polar surface area (TPSA) is 52.3 Å². The zero-order valence-corrected chi connectivity index (χ0v) is 10.9. The second kappa shape index (κ2) is 6.05. The van der Waals surface area contributed by atoms with Gasteiger partial charge in [0.05, 0.1) is 12.2 Å². The van der Waals surface area contributed by atoms with Gasteiger partial charge in [-0.3, -0.25) is 0 Å². The Morgan fingerprint density at radius 2 is 1.84 bits per heavy atom. The van der Waals surface area contributed by atoms with E-state index in [1.165, 1.54) is 0 Å². The third-order valence-electron chi connectivity index (χ3n) is 3.06. The fraction of sp³-hybridized carbons (Fsp3) is 0.188. The Bertz CT molecular complexity index is 564. The van der Waals surface area contributed by atoms with Crippen LogP contribution in [0.25, 0.3) is 0 Å². The maximum Gasteiger partial charge on any atom is 0.338 e. The van der Waals surface area contributed by atoms with E-state index in [4.69, 9.17) is 10.5 Å². The predicted octanol–water partition coefficient (Wildman–Crippen LogP) is 2.98. The van der Waals surface area contributed by atoms with Gasteiger partial charge < -0.3 is 10.5 Å². The normalized spacial score (nSPS) is 10.2. The van der Waals surface area contributed by atoms with Crippen molar-refractivity contribution >= 4 is 11.7 Å². The molecule has 0 spiro atoms. The summed E-state index contributed by atoms with van der Waals surface area (Å²) >= 11 is 0. The highest BCUT2D eigenvalue weighted by molar-refractivity contribution is 5.92. The van der Waals surface area contributed by atoms with Crippen LogP contribution in [0.5, 0.6) is 0 Å². The number of hydrogen-bond acceptors (Lipinski definition) is 3. The minimum Gasteiger partial charge on any atom is -0.462 e. The van der Waals surface area contributed by atoms with E-state index in [1.807, 2.05) is 37.3 Å². The predicted molar refractivity (Wildman–Crippen MR) is 76.0 cm³/mol. The van der Waals surface area contributed by atoms with Gasteiger partial charge in [-0.25, -0.2) is 4.79 Å². The molecule has 0 atom stereocenters. The van der Waals surface area contributed by atoms with Gasteiger partial charge in [0.25, 0.3) is 0 Å². The van der Waals surface area contributed by atoms with Crippen molar-refractivity contribution in [1.82, 2.24) is 0 Å². The number of carbonyl (C=O) groups is 1. The summed E-state index contributed by atoms with van der Waals surface area (Å²) in [7, 11) is 0. The molecule has 0 radical (unpaired) electrons. The average molecular weight is 255 g/mol. The highest BCUT2D eigenvalue weighted by Crippen LogP contribution is 2.16. The van der Waals surface area contributed by atoms with Crippen molar-refractivity contribution in [1.29, 1.82) is 0 Å². The fourth-order valence-corrected chi connectivity index (χ4v) is 1.86. The summed E-state index contributed by atoms with van der Waals surface area (Å²) in [6.07, 6.45) is 0.716. The number of anilines is 1. The molecule has 0 aliphatic rings. The van der Waals surface area contributed by atoms with Gasteiger partial charge in [0.1, 0.15) is 0 Å². The lowest BCUT2D eigenvalue weighted by Gasteiger charge is -2.08. The Morgan fingerprint density at radius 3 is 2.58 bits per heavy atom. The fourth-order valence-electron chi connectivity index (χ4n) is 1.86. The van der Waals surface area contributed by atoms with Crippen molar-refractivity contribution in [3.63, 3.8) is 0 Å². The Labute approximate surface area is 113 Å². The molecule has 0 bridgehead atoms. The summed E-state index contributed by atoms with van der Waals surface area (Å²) in [5.41, 5.74) is 8.84. The average Bonchev–Trinajstić information content (AvgIpc) is 2.43. The molecule has 0 saturated carbocycles. The number of carbonyl (C=O) groups excluding carboxylic acids is 1. The van der Waals surface area contributed by atoms with Crippen LogP contribution in [0.2, 0.25) is 0 Å². The second-order valence-corrected chi connectivity index (χ2v) is 4.39. The van der Waals surface area contributed by atoms with Crippen LogP contribution in [0.15, 0.2) is 48.5 Å². The lowest BCUT2D eigenvalue weighted by molar-refractivity contribution is 0.0508. The van der Waals surface area contributed by atoms with E-state index >= 15 is 0 Å². The molecule has 3 nitrogen and oxygen atoms in total. The van der Waals surface area contributed by atoms with Crippen LogP contribution in [0, 0.1) is 6.92 Å². The summed E-state index contributed by atoms with van der Waals surface area (Å²) < 4.78 is 5.27. The number of rotatable bonds is 4. The molecule has 2 aromatic carbocycles. The first-order valence-corrected chi connectivity index (χ1v) is 6.24. The lowest BCUT2D eigenvalue weighted by Crippen LogP contribution is -2.10. The Morgan fingerprint density at radius 1 is 1.11 bits per heavy atom. The standard InChI is InChI=1S/C16H17NO2/c1-12-14(8-5-9-15(12)17)16(18)19-11-10-13-6-3-2-4-7-13/h2-9H,10-11,17H2,1H3. The largest absolute Gasteiger partial charge is 0.462 e. The van der Waals surface area contributed by atoms with Gasteiger partial charge in [0.15, 0.2) is 0 Å². The van der Waals surface area contributed by atoms with Gasteiger partial charge in [0.2, 0.25) is 0 Å². The SMILES string of the molecule is Cc1c(N)cccc1C(=O)OCCc1ccccc1. The molecule has 98 valence electrons. The maximum atomic E-state index is 11.9. The van der Waals surface area contributed by atoms with Gasteiger partial charge in [-0.1, -0.05) is 36.4 Å². The Hall–Kier alpha value is -2.29. The highest BCUT2D eigenvalue weighted by Gasteiger charge is 2.11. The van der Waals surface area contributed by atoms with Crippen LogP contribution in [0.4, 0.5) is 5.69 Å². The van der Waals surface area contributed by atoms with Crippen molar-refractivity contribution in [2.45, 2.75) is 13.3 Å². The highest BCUT2D eigenvalue weighted by atomic mass is 16.5. The maximum absolute atomic E-state index is 11.9. The van der Waals surface area contributed by atoms with Gasteiger partial charge in [0, 0.05) is 12.1 Å². The Kier molecular flexibility index (Phi) is 4.18. The first-order chi connectivity index (χ1) is 9.18. The molecule has 2 N–H and O–H groups in total. The number of esters is 1. The molecule has 0 amide bonds. The minimum atomic E-state index is -0.319. The van der Waals surface area contributed by atoms with Crippen molar-refractivity contribution in [3.05, 3.63) is 65.2 Å². The lowest BCUT2D eigenvalue weighted by atomic mass is 10.1. The Balaban J connectivity index is 1.93. The first kappa shape index (κ1) is 13.1. The zero-order chi connectivity index (χ0) is 13.7. The molecule has 2 rings (SSSR count). The van der Waals surface area contributed by atoms with E-state index in [-0.39, 0.29) is 5.97 Å². The molecule has 0 aromatic heterocycles. The van der Waals surface area contributed by atoms with Gasteiger partial charge in [-0.05, 0) is 30.2 Å². The van der Waals surface area contributed by atoms with Crippen molar-refractivity contribution in [2.75, 3.05) is 12.3 Å². The number of nitrogens with two attached hydrogens (primary N) is 1. The second-order valence-electron chi connectivity index (χ2n) is 4.39. The van der Waals surface area contributed by atoms with Crippen LogP contribution in [-0.4, -0.2) is 12.6 Å².